The predicted octanol–water partition coefficient (Wildman–Crippen LogP) is 2.94. The number of benzene rings is 2. The van der Waals surface area contributed by atoms with Crippen LogP contribution in [0, 0.1) is 10.1 Å². The van der Waals surface area contributed by atoms with Crippen LogP contribution in [-0.2, 0) is 11.3 Å². The number of hydrogen-bond acceptors (Lipinski definition) is 5. The standard InChI is InChI=1S/C18H18N2O5/c1-24-16-9-5-14(11-17(16)25-2)12-19-18(21)10-6-13-3-7-15(8-4-13)20(22)23/h3-11H,12H2,1-2H3,(H,19,21). The van der Waals surface area contributed by atoms with Crippen molar-refractivity contribution in [3.05, 3.63) is 69.8 Å². The lowest BCUT2D eigenvalue weighted by atomic mass is 10.2. The monoisotopic (exact) mass is 342 g/mol. The summed E-state index contributed by atoms with van der Waals surface area (Å²) >= 11 is 0. The maximum absolute atomic E-state index is 11.9. The average molecular weight is 342 g/mol. The number of nitro benzene ring substituents is 1. The largest absolute Gasteiger partial charge is 0.493 e. The van der Waals surface area contributed by atoms with Gasteiger partial charge in [0.1, 0.15) is 0 Å². The Bertz CT molecular complexity index is 785. The molecule has 0 saturated heterocycles. The summed E-state index contributed by atoms with van der Waals surface area (Å²) in [6.45, 7) is 0.337. The first-order chi connectivity index (χ1) is 12.0. The molecule has 2 rings (SSSR count). The van der Waals surface area contributed by atoms with Gasteiger partial charge in [-0.3, -0.25) is 14.9 Å². The smallest absolute Gasteiger partial charge is 0.269 e. The molecule has 0 aliphatic carbocycles. The minimum absolute atomic E-state index is 0.00931. The Balaban J connectivity index is 1.93. The number of ether oxygens (including phenoxy) is 2. The number of non-ortho nitro benzene ring substituents is 1. The average Bonchev–Trinajstić information content (AvgIpc) is 2.64. The van der Waals surface area contributed by atoms with Crippen LogP contribution >= 0.6 is 0 Å². The molecular formula is C18H18N2O5. The molecule has 1 N–H and O–H groups in total. The lowest BCUT2D eigenvalue weighted by Gasteiger charge is -2.09. The summed E-state index contributed by atoms with van der Waals surface area (Å²) in [6, 6.07) is 11.3. The van der Waals surface area contributed by atoms with Gasteiger partial charge < -0.3 is 14.8 Å². The van der Waals surface area contributed by atoms with Crippen molar-refractivity contribution in [2.45, 2.75) is 6.54 Å². The van der Waals surface area contributed by atoms with E-state index in [0.717, 1.165) is 5.56 Å². The van der Waals surface area contributed by atoms with Gasteiger partial charge in [0.05, 0.1) is 19.1 Å². The summed E-state index contributed by atoms with van der Waals surface area (Å²) in [4.78, 5) is 22.0. The van der Waals surface area contributed by atoms with E-state index in [1.54, 1.807) is 44.6 Å². The van der Waals surface area contributed by atoms with Crippen LogP contribution in [0.4, 0.5) is 5.69 Å². The molecule has 0 heterocycles. The fourth-order valence-electron chi connectivity index (χ4n) is 2.12. The van der Waals surface area contributed by atoms with Crippen molar-refractivity contribution in [2.24, 2.45) is 0 Å². The summed E-state index contributed by atoms with van der Waals surface area (Å²) in [5.74, 6) is 0.944. The number of hydrogen-bond donors (Lipinski definition) is 1. The number of carbonyl (C=O) groups excluding carboxylic acids is 1. The number of nitrogens with one attached hydrogen (secondary N) is 1. The molecule has 0 fully saturated rings. The van der Waals surface area contributed by atoms with Crippen LogP contribution in [0.1, 0.15) is 11.1 Å². The van der Waals surface area contributed by atoms with Crippen LogP contribution in [0.15, 0.2) is 48.5 Å². The van der Waals surface area contributed by atoms with Gasteiger partial charge in [-0.2, -0.15) is 0 Å². The van der Waals surface area contributed by atoms with Gasteiger partial charge in [-0.25, -0.2) is 0 Å². The van der Waals surface area contributed by atoms with Gasteiger partial charge in [0.15, 0.2) is 11.5 Å². The van der Waals surface area contributed by atoms with E-state index in [1.807, 2.05) is 6.07 Å². The van der Waals surface area contributed by atoms with Crippen molar-refractivity contribution in [1.29, 1.82) is 0 Å². The zero-order chi connectivity index (χ0) is 18.2. The van der Waals surface area contributed by atoms with E-state index in [9.17, 15) is 14.9 Å². The summed E-state index contributed by atoms with van der Waals surface area (Å²) in [5, 5.41) is 13.3. The van der Waals surface area contributed by atoms with E-state index in [1.165, 1.54) is 18.2 Å². The van der Waals surface area contributed by atoms with E-state index >= 15 is 0 Å². The van der Waals surface area contributed by atoms with Gasteiger partial charge in [-0.05, 0) is 41.5 Å². The van der Waals surface area contributed by atoms with Crippen LogP contribution in [-0.4, -0.2) is 25.1 Å². The molecule has 2 aromatic rings. The Morgan fingerprint density at radius 3 is 2.40 bits per heavy atom. The lowest BCUT2D eigenvalue weighted by Crippen LogP contribution is -2.20. The van der Waals surface area contributed by atoms with Gasteiger partial charge in [0, 0.05) is 24.8 Å². The van der Waals surface area contributed by atoms with Gasteiger partial charge in [-0.1, -0.05) is 6.07 Å². The summed E-state index contributed by atoms with van der Waals surface area (Å²) in [7, 11) is 3.11. The Labute approximate surface area is 145 Å². The van der Waals surface area contributed by atoms with Crippen molar-refractivity contribution in [2.75, 3.05) is 14.2 Å². The first-order valence-electron chi connectivity index (χ1n) is 7.44. The van der Waals surface area contributed by atoms with Crippen LogP contribution in [0.25, 0.3) is 6.08 Å². The van der Waals surface area contributed by atoms with Crippen LogP contribution in [0.2, 0.25) is 0 Å². The molecule has 0 aliphatic heterocycles. The van der Waals surface area contributed by atoms with Gasteiger partial charge in [-0.15, -0.1) is 0 Å². The molecule has 0 unspecified atom stereocenters. The SMILES string of the molecule is COc1ccc(CNC(=O)C=Cc2ccc([N+](=O)[O-])cc2)cc1OC. The van der Waals surface area contributed by atoms with Gasteiger partial charge in [0.25, 0.3) is 5.69 Å². The third kappa shape index (κ3) is 5.07. The quantitative estimate of drug-likeness (QED) is 0.474. The molecule has 1 amide bonds. The third-order valence-electron chi connectivity index (χ3n) is 3.45. The highest BCUT2D eigenvalue weighted by Gasteiger charge is 2.05. The molecule has 2 aromatic carbocycles. The Hall–Kier alpha value is -3.35. The third-order valence-corrected chi connectivity index (χ3v) is 3.45. The zero-order valence-corrected chi connectivity index (χ0v) is 13.9. The lowest BCUT2D eigenvalue weighted by molar-refractivity contribution is -0.384. The van der Waals surface area contributed by atoms with E-state index in [-0.39, 0.29) is 11.6 Å². The number of amides is 1. The molecule has 0 bridgehead atoms. The minimum Gasteiger partial charge on any atom is -0.493 e. The number of nitrogens with zero attached hydrogens (tertiary/aromatic N) is 1. The second-order valence-electron chi connectivity index (χ2n) is 5.09. The van der Waals surface area contributed by atoms with E-state index < -0.39 is 4.92 Å². The van der Waals surface area contributed by atoms with E-state index in [2.05, 4.69) is 5.32 Å². The zero-order valence-electron chi connectivity index (χ0n) is 13.9. The number of rotatable bonds is 7. The normalized spacial score (nSPS) is 10.5. The van der Waals surface area contributed by atoms with E-state index in [0.29, 0.717) is 23.6 Å². The predicted molar refractivity (Wildman–Crippen MR) is 93.5 cm³/mol. The fraction of sp³-hybridized carbons (Fsp3) is 0.167. The second-order valence-corrected chi connectivity index (χ2v) is 5.09. The van der Waals surface area contributed by atoms with Crippen molar-refractivity contribution in [1.82, 2.24) is 5.32 Å². The van der Waals surface area contributed by atoms with E-state index in [4.69, 9.17) is 9.47 Å². The van der Waals surface area contributed by atoms with Crippen molar-refractivity contribution in [3.63, 3.8) is 0 Å². The summed E-state index contributed by atoms with van der Waals surface area (Å²) in [6.07, 6.45) is 2.97. The molecule has 0 radical (unpaired) electrons. The Kier molecular flexibility index (Phi) is 6.11. The molecule has 0 atom stereocenters. The number of nitro groups is 1. The maximum atomic E-state index is 11.9. The highest BCUT2D eigenvalue weighted by molar-refractivity contribution is 5.91. The van der Waals surface area contributed by atoms with Crippen LogP contribution in [0.3, 0.4) is 0 Å². The first kappa shape index (κ1) is 18.0. The van der Waals surface area contributed by atoms with Crippen LogP contribution in [0.5, 0.6) is 11.5 Å². The molecule has 0 spiro atoms. The molecule has 25 heavy (non-hydrogen) atoms. The maximum Gasteiger partial charge on any atom is 0.269 e. The highest BCUT2D eigenvalue weighted by atomic mass is 16.6. The molecule has 7 nitrogen and oxygen atoms in total. The number of carbonyl (C=O) groups is 1. The molecule has 0 saturated carbocycles. The van der Waals surface area contributed by atoms with Crippen molar-refractivity contribution in [3.8, 4) is 11.5 Å². The Morgan fingerprint density at radius 1 is 1.12 bits per heavy atom. The van der Waals surface area contributed by atoms with Gasteiger partial charge in [0.2, 0.25) is 5.91 Å². The van der Waals surface area contributed by atoms with Crippen molar-refractivity contribution < 1.29 is 19.2 Å². The Morgan fingerprint density at radius 2 is 1.80 bits per heavy atom. The highest BCUT2D eigenvalue weighted by Crippen LogP contribution is 2.27. The summed E-state index contributed by atoms with van der Waals surface area (Å²) in [5.41, 5.74) is 1.58. The topological polar surface area (TPSA) is 90.7 Å². The first-order valence-corrected chi connectivity index (χ1v) is 7.44. The second kappa shape index (κ2) is 8.49. The minimum atomic E-state index is -0.469. The molecule has 0 aliphatic rings. The molecule has 7 heteroatoms. The molecule has 0 aromatic heterocycles. The van der Waals surface area contributed by atoms with Crippen molar-refractivity contribution >= 4 is 17.7 Å². The van der Waals surface area contributed by atoms with Gasteiger partial charge >= 0.3 is 0 Å². The summed E-state index contributed by atoms with van der Waals surface area (Å²) < 4.78 is 10.4. The number of methoxy groups -OCH3 is 2. The van der Waals surface area contributed by atoms with Crippen LogP contribution < -0.4 is 14.8 Å². The molecular weight excluding hydrogens is 324 g/mol. The molecule has 130 valence electrons. The fourth-order valence-corrected chi connectivity index (χ4v) is 2.12.